The highest BCUT2D eigenvalue weighted by molar-refractivity contribution is 5.81. The maximum Gasteiger partial charge on any atom is 0.323 e. The van der Waals surface area contributed by atoms with Crippen LogP contribution in [0.1, 0.15) is 32.3 Å². The van der Waals surface area contributed by atoms with Gasteiger partial charge in [-0.3, -0.25) is 9.59 Å². The first-order chi connectivity index (χ1) is 10.4. The maximum absolute atomic E-state index is 12.1. The highest BCUT2D eigenvalue weighted by Gasteiger charge is 2.17. The highest BCUT2D eigenvalue weighted by Crippen LogP contribution is 2.13. The summed E-state index contributed by atoms with van der Waals surface area (Å²) in [6.07, 6.45) is 1.86. The lowest BCUT2D eigenvalue weighted by atomic mass is 10.1. The van der Waals surface area contributed by atoms with Crippen molar-refractivity contribution in [2.75, 3.05) is 20.2 Å². The third-order valence-corrected chi connectivity index (χ3v) is 3.28. The van der Waals surface area contributed by atoms with E-state index in [9.17, 15) is 9.59 Å². The normalized spacial score (nSPS) is 10.5. The predicted octanol–water partition coefficient (Wildman–Crippen LogP) is 2.59. The summed E-state index contributed by atoms with van der Waals surface area (Å²) in [6.45, 7) is 4.20. The fourth-order valence-electron chi connectivity index (χ4n) is 2.25. The van der Waals surface area contributed by atoms with Gasteiger partial charge in [-0.25, -0.2) is 0 Å². The van der Waals surface area contributed by atoms with Gasteiger partial charge in [-0.1, -0.05) is 26.0 Å². The molecule has 0 saturated carbocycles. The lowest BCUT2D eigenvalue weighted by Gasteiger charge is -2.22. The number of carbonyl (C=O) groups is 2. The second-order valence-electron chi connectivity index (χ2n) is 5.76. The van der Waals surface area contributed by atoms with E-state index in [1.165, 1.54) is 4.90 Å². The molecule has 1 N–H and O–H groups in total. The van der Waals surface area contributed by atoms with Crippen molar-refractivity contribution >= 4 is 11.9 Å². The number of nitrogens with zero attached hydrogens (tertiary/aromatic N) is 1. The molecular weight excluding hydrogens is 282 g/mol. The molecule has 1 aromatic rings. The third kappa shape index (κ3) is 6.61. The summed E-state index contributed by atoms with van der Waals surface area (Å²) in [5, 5.41) is 8.89. The summed E-state index contributed by atoms with van der Waals surface area (Å²) in [5.41, 5.74) is 1.14. The van der Waals surface area contributed by atoms with Gasteiger partial charge in [0.1, 0.15) is 12.3 Å². The quantitative estimate of drug-likeness (QED) is 0.761. The first-order valence-corrected chi connectivity index (χ1v) is 7.55. The molecule has 0 fully saturated rings. The van der Waals surface area contributed by atoms with E-state index in [-0.39, 0.29) is 18.4 Å². The lowest BCUT2D eigenvalue weighted by Crippen LogP contribution is -2.38. The molecule has 1 rings (SSSR count). The largest absolute Gasteiger partial charge is 0.497 e. The fourth-order valence-corrected chi connectivity index (χ4v) is 2.25. The molecule has 0 unspecified atom stereocenters. The first kappa shape index (κ1) is 18.0. The zero-order valence-electron chi connectivity index (χ0n) is 13.5. The van der Waals surface area contributed by atoms with Crippen molar-refractivity contribution in [2.45, 2.75) is 33.1 Å². The Morgan fingerprint density at radius 1 is 1.23 bits per heavy atom. The summed E-state index contributed by atoms with van der Waals surface area (Å²) in [5.74, 6) is 0.00282. The number of carboxylic acids is 1. The molecule has 0 saturated heterocycles. The minimum absolute atomic E-state index is 0.0930. The number of carboxylic acid groups (broad SMARTS) is 1. The Morgan fingerprint density at radius 3 is 2.36 bits per heavy atom. The maximum atomic E-state index is 12.1. The van der Waals surface area contributed by atoms with E-state index < -0.39 is 5.97 Å². The van der Waals surface area contributed by atoms with Crippen LogP contribution in [0, 0.1) is 5.92 Å². The average Bonchev–Trinajstić information content (AvgIpc) is 2.46. The Balaban J connectivity index is 2.45. The number of hydrogen-bond donors (Lipinski definition) is 1. The van der Waals surface area contributed by atoms with Crippen molar-refractivity contribution in [1.29, 1.82) is 0 Å². The number of hydrogen-bond acceptors (Lipinski definition) is 3. The number of carbonyl (C=O) groups excluding carboxylic acids is 1. The molecule has 5 heteroatoms. The number of benzene rings is 1. The number of methoxy groups -OCH3 is 1. The SMILES string of the molecule is COc1ccc(CCCC(=O)N(CC(=O)O)CC(C)C)cc1. The van der Waals surface area contributed by atoms with Crippen molar-refractivity contribution in [3.05, 3.63) is 29.8 Å². The summed E-state index contributed by atoms with van der Waals surface area (Å²) >= 11 is 0. The van der Waals surface area contributed by atoms with E-state index in [4.69, 9.17) is 9.84 Å². The van der Waals surface area contributed by atoms with Crippen LogP contribution in [0.3, 0.4) is 0 Å². The van der Waals surface area contributed by atoms with Gasteiger partial charge >= 0.3 is 5.97 Å². The number of rotatable bonds is 9. The van der Waals surface area contributed by atoms with Crippen LogP contribution in [0.4, 0.5) is 0 Å². The van der Waals surface area contributed by atoms with Gasteiger partial charge < -0.3 is 14.7 Å². The van der Waals surface area contributed by atoms with Gasteiger partial charge in [-0.05, 0) is 36.5 Å². The van der Waals surface area contributed by atoms with E-state index in [1.807, 2.05) is 38.1 Å². The van der Waals surface area contributed by atoms with Crippen LogP contribution < -0.4 is 4.74 Å². The van der Waals surface area contributed by atoms with Crippen LogP contribution in [0.2, 0.25) is 0 Å². The topological polar surface area (TPSA) is 66.8 Å². The Morgan fingerprint density at radius 2 is 1.86 bits per heavy atom. The van der Waals surface area contributed by atoms with Crippen molar-refractivity contribution in [1.82, 2.24) is 4.90 Å². The molecular formula is C17H25NO4. The summed E-state index contributed by atoms with van der Waals surface area (Å²) in [6, 6.07) is 7.75. The van der Waals surface area contributed by atoms with Crippen LogP contribution in [-0.4, -0.2) is 42.1 Å². The third-order valence-electron chi connectivity index (χ3n) is 3.28. The predicted molar refractivity (Wildman–Crippen MR) is 85.0 cm³/mol. The summed E-state index contributed by atoms with van der Waals surface area (Å²) in [4.78, 5) is 24.4. The monoisotopic (exact) mass is 307 g/mol. The van der Waals surface area contributed by atoms with Gasteiger partial charge in [0.15, 0.2) is 0 Å². The molecule has 0 aromatic heterocycles. The molecule has 122 valence electrons. The molecule has 0 bridgehead atoms. The molecule has 0 aliphatic carbocycles. The van der Waals surface area contributed by atoms with Crippen molar-refractivity contribution < 1.29 is 19.4 Å². The molecule has 1 amide bonds. The molecule has 1 aromatic carbocycles. The number of aliphatic carboxylic acids is 1. The van der Waals surface area contributed by atoms with Crippen molar-refractivity contribution in [3.63, 3.8) is 0 Å². The van der Waals surface area contributed by atoms with Gasteiger partial charge in [0.05, 0.1) is 7.11 Å². The van der Waals surface area contributed by atoms with Crippen LogP contribution in [0.5, 0.6) is 5.75 Å². The van der Waals surface area contributed by atoms with Gasteiger partial charge in [-0.2, -0.15) is 0 Å². The second kappa shape index (κ2) is 9.07. The molecule has 0 heterocycles. The van der Waals surface area contributed by atoms with E-state index >= 15 is 0 Å². The molecule has 0 aliphatic heterocycles. The van der Waals surface area contributed by atoms with Crippen LogP contribution >= 0.6 is 0 Å². The number of aryl methyl sites for hydroxylation is 1. The van der Waals surface area contributed by atoms with Crippen molar-refractivity contribution in [2.24, 2.45) is 5.92 Å². The second-order valence-corrected chi connectivity index (χ2v) is 5.76. The number of ether oxygens (including phenoxy) is 1. The minimum atomic E-state index is -0.968. The minimum Gasteiger partial charge on any atom is -0.497 e. The van der Waals surface area contributed by atoms with Gasteiger partial charge in [0.25, 0.3) is 0 Å². The van der Waals surface area contributed by atoms with Crippen molar-refractivity contribution in [3.8, 4) is 5.75 Å². The molecule has 22 heavy (non-hydrogen) atoms. The van der Waals surface area contributed by atoms with Gasteiger partial charge in [0, 0.05) is 13.0 Å². The first-order valence-electron chi connectivity index (χ1n) is 7.55. The van der Waals surface area contributed by atoms with E-state index in [0.29, 0.717) is 19.4 Å². The average molecular weight is 307 g/mol. The fraction of sp³-hybridized carbons (Fsp3) is 0.529. The van der Waals surface area contributed by atoms with Crippen LogP contribution in [-0.2, 0) is 16.0 Å². The smallest absolute Gasteiger partial charge is 0.323 e. The van der Waals surface area contributed by atoms with E-state index in [2.05, 4.69) is 0 Å². The molecule has 0 radical (unpaired) electrons. The molecule has 0 spiro atoms. The van der Waals surface area contributed by atoms with Crippen LogP contribution in [0.25, 0.3) is 0 Å². The van der Waals surface area contributed by atoms with Crippen LogP contribution in [0.15, 0.2) is 24.3 Å². The molecule has 0 atom stereocenters. The highest BCUT2D eigenvalue weighted by atomic mass is 16.5. The Bertz CT molecular complexity index is 482. The van der Waals surface area contributed by atoms with Gasteiger partial charge in [-0.15, -0.1) is 0 Å². The lowest BCUT2D eigenvalue weighted by molar-refractivity contribution is -0.144. The standard InChI is InChI=1S/C17H25NO4/c1-13(2)11-18(12-17(20)21)16(19)6-4-5-14-7-9-15(22-3)10-8-14/h7-10,13H,4-6,11-12H2,1-3H3,(H,20,21). The summed E-state index contributed by atoms with van der Waals surface area (Å²) in [7, 11) is 1.62. The Kier molecular flexibility index (Phi) is 7.43. The van der Waals surface area contributed by atoms with E-state index in [0.717, 1.165) is 17.7 Å². The van der Waals surface area contributed by atoms with Gasteiger partial charge in [0.2, 0.25) is 5.91 Å². The van der Waals surface area contributed by atoms with E-state index in [1.54, 1.807) is 7.11 Å². The zero-order valence-corrected chi connectivity index (χ0v) is 13.5. The summed E-state index contributed by atoms with van der Waals surface area (Å²) < 4.78 is 5.10. The zero-order chi connectivity index (χ0) is 16.5. The molecule has 5 nitrogen and oxygen atoms in total. The number of amides is 1. The molecule has 0 aliphatic rings. The Hall–Kier alpha value is -2.04. The Labute approximate surface area is 131 Å².